The zero-order valence-corrected chi connectivity index (χ0v) is 7.32. The number of nitrogens with zero attached hydrogens (tertiary/aromatic N) is 2. The molecule has 0 unspecified atom stereocenters. The summed E-state index contributed by atoms with van der Waals surface area (Å²) in [7, 11) is 0. The predicted octanol–water partition coefficient (Wildman–Crippen LogP) is 2.10. The van der Waals surface area contributed by atoms with Crippen molar-refractivity contribution in [1.29, 1.82) is 0 Å². The first-order valence-corrected chi connectivity index (χ1v) is 4.05. The van der Waals surface area contributed by atoms with Gasteiger partial charge in [-0.3, -0.25) is 4.79 Å². The Kier molecular flexibility index (Phi) is 1.94. The zero-order chi connectivity index (χ0) is 9.26. The van der Waals surface area contributed by atoms with Gasteiger partial charge in [-0.05, 0) is 12.1 Å². The lowest BCUT2D eigenvalue weighted by molar-refractivity contribution is 0.111. The Bertz CT molecular complexity index is 470. The maximum Gasteiger partial charge on any atom is 0.168 e. The molecule has 0 spiro atoms. The second-order valence-corrected chi connectivity index (χ2v) is 2.94. The van der Waals surface area contributed by atoms with Crippen LogP contribution in [0.25, 0.3) is 10.9 Å². The number of hydrogen-bond acceptors (Lipinski definition) is 3. The topological polar surface area (TPSA) is 42.9 Å². The minimum Gasteiger partial charge on any atom is -0.296 e. The van der Waals surface area contributed by atoms with Crippen LogP contribution in [0.4, 0.5) is 0 Å². The molecule has 0 N–H and O–H groups in total. The number of fused-ring (bicyclic) bond motifs is 1. The summed E-state index contributed by atoms with van der Waals surface area (Å²) in [4.78, 5) is 18.4. The van der Waals surface area contributed by atoms with Crippen LogP contribution in [0.15, 0.2) is 24.4 Å². The summed E-state index contributed by atoms with van der Waals surface area (Å²) >= 11 is 5.67. The standard InChI is InChI=1S/C9H5ClN2O/c10-9-3-8-6(4-11-9)1-2-7(5-13)12-8/h1-5H. The molecule has 4 heteroatoms. The molecule has 0 aliphatic carbocycles. The summed E-state index contributed by atoms with van der Waals surface area (Å²) in [5.74, 6) is 0. The first-order chi connectivity index (χ1) is 6.29. The van der Waals surface area contributed by atoms with E-state index >= 15 is 0 Å². The Hall–Kier alpha value is -1.48. The van der Waals surface area contributed by atoms with Gasteiger partial charge in [-0.2, -0.15) is 0 Å². The van der Waals surface area contributed by atoms with E-state index in [2.05, 4.69) is 9.97 Å². The molecule has 2 heterocycles. The number of aromatic nitrogens is 2. The fraction of sp³-hybridized carbons (Fsp3) is 0. The molecule has 0 radical (unpaired) electrons. The highest BCUT2D eigenvalue weighted by molar-refractivity contribution is 6.29. The quantitative estimate of drug-likeness (QED) is 0.513. The van der Waals surface area contributed by atoms with E-state index < -0.39 is 0 Å². The minimum atomic E-state index is 0.378. The fourth-order valence-corrected chi connectivity index (χ4v) is 1.23. The van der Waals surface area contributed by atoms with Gasteiger partial charge in [-0.25, -0.2) is 9.97 Å². The molecule has 0 atom stereocenters. The Morgan fingerprint density at radius 2 is 2.23 bits per heavy atom. The Balaban J connectivity index is 2.74. The second kappa shape index (κ2) is 3.11. The molecule has 3 nitrogen and oxygen atoms in total. The average Bonchev–Trinajstić information content (AvgIpc) is 2.16. The molecule has 0 aliphatic rings. The van der Waals surface area contributed by atoms with Gasteiger partial charge < -0.3 is 0 Å². The molecule has 0 saturated heterocycles. The Morgan fingerprint density at radius 3 is 3.00 bits per heavy atom. The van der Waals surface area contributed by atoms with Crippen LogP contribution in [-0.4, -0.2) is 16.3 Å². The van der Waals surface area contributed by atoms with Gasteiger partial charge in [-0.15, -0.1) is 0 Å². The summed E-state index contributed by atoms with van der Waals surface area (Å²) in [6.45, 7) is 0. The third-order valence-electron chi connectivity index (χ3n) is 1.68. The third-order valence-corrected chi connectivity index (χ3v) is 1.89. The molecule has 0 saturated carbocycles. The molecule has 2 rings (SSSR count). The smallest absolute Gasteiger partial charge is 0.168 e. The molecule has 2 aromatic rings. The lowest BCUT2D eigenvalue weighted by Crippen LogP contribution is -1.87. The van der Waals surface area contributed by atoms with E-state index in [0.717, 1.165) is 5.39 Å². The molecule has 0 aromatic carbocycles. The van der Waals surface area contributed by atoms with Crippen LogP contribution in [0, 0.1) is 0 Å². The molecule has 13 heavy (non-hydrogen) atoms. The van der Waals surface area contributed by atoms with Crippen molar-refractivity contribution in [2.45, 2.75) is 0 Å². The molecular weight excluding hydrogens is 188 g/mol. The lowest BCUT2D eigenvalue weighted by Gasteiger charge is -1.96. The number of hydrogen-bond donors (Lipinski definition) is 0. The van der Waals surface area contributed by atoms with Crippen molar-refractivity contribution in [2.24, 2.45) is 0 Å². The van der Waals surface area contributed by atoms with Gasteiger partial charge in [0.25, 0.3) is 0 Å². The zero-order valence-electron chi connectivity index (χ0n) is 6.57. The molecule has 0 bridgehead atoms. The van der Waals surface area contributed by atoms with Crippen LogP contribution in [0.3, 0.4) is 0 Å². The van der Waals surface area contributed by atoms with Crippen molar-refractivity contribution in [2.75, 3.05) is 0 Å². The molecule has 0 aliphatic heterocycles. The highest BCUT2D eigenvalue weighted by atomic mass is 35.5. The number of carbonyl (C=O) groups excluding carboxylic acids is 1. The van der Waals surface area contributed by atoms with Gasteiger partial charge in [0.05, 0.1) is 5.52 Å². The fourth-order valence-electron chi connectivity index (χ4n) is 1.07. The molecule has 2 aromatic heterocycles. The first-order valence-electron chi connectivity index (χ1n) is 3.67. The highest BCUT2D eigenvalue weighted by Crippen LogP contribution is 2.14. The second-order valence-electron chi connectivity index (χ2n) is 2.55. The monoisotopic (exact) mass is 192 g/mol. The summed E-state index contributed by atoms with van der Waals surface area (Å²) in [5.41, 5.74) is 1.08. The van der Waals surface area contributed by atoms with Gasteiger partial charge in [0.2, 0.25) is 0 Å². The number of halogens is 1. The van der Waals surface area contributed by atoms with Crippen LogP contribution < -0.4 is 0 Å². The van der Waals surface area contributed by atoms with Crippen LogP contribution in [-0.2, 0) is 0 Å². The van der Waals surface area contributed by atoms with Crippen LogP contribution >= 0.6 is 11.6 Å². The van der Waals surface area contributed by atoms with E-state index in [1.807, 2.05) is 0 Å². The SMILES string of the molecule is O=Cc1ccc2cnc(Cl)cc2n1. The van der Waals surface area contributed by atoms with Gasteiger partial charge in [0.15, 0.2) is 6.29 Å². The molecule has 64 valence electrons. The van der Waals surface area contributed by atoms with E-state index in [0.29, 0.717) is 22.6 Å². The third kappa shape index (κ3) is 1.51. The number of aldehydes is 1. The van der Waals surface area contributed by atoms with Gasteiger partial charge in [0.1, 0.15) is 10.8 Å². The van der Waals surface area contributed by atoms with Crippen LogP contribution in [0.1, 0.15) is 10.5 Å². The summed E-state index contributed by atoms with van der Waals surface area (Å²) in [5, 5.41) is 1.25. The van der Waals surface area contributed by atoms with E-state index in [-0.39, 0.29) is 0 Å². The number of pyridine rings is 2. The highest BCUT2D eigenvalue weighted by Gasteiger charge is 1.98. The van der Waals surface area contributed by atoms with E-state index in [9.17, 15) is 4.79 Å². The molecule has 0 fully saturated rings. The summed E-state index contributed by atoms with van der Waals surface area (Å²) in [6, 6.07) is 5.06. The van der Waals surface area contributed by atoms with Gasteiger partial charge >= 0.3 is 0 Å². The Labute approximate surface area is 79.4 Å². The van der Waals surface area contributed by atoms with E-state index in [1.165, 1.54) is 0 Å². The van der Waals surface area contributed by atoms with E-state index in [1.54, 1.807) is 24.4 Å². The normalized spacial score (nSPS) is 10.2. The average molecular weight is 193 g/mol. The summed E-state index contributed by atoms with van der Waals surface area (Å²) in [6.07, 6.45) is 2.33. The Morgan fingerprint density at radius 1 is 1.38 bits per heavy atom. The first kappa shape index (κ1) is 8.13. The van der Waals surface area contributed by atoms with Crippen molar-refractivity contribution in [3.05, 3.63) is 35.2 Å². The summed E-state index contributed by atoms with van der Waals surface area (Å²) < 4.78 is 0. The van der Waals surface area contributed by atoms with Crippen molar-refractivity contribution < 1.29 is 4.79 Å². The number of carbonyl (C=O) groups is 1. The largest absolute Gasteiger partial charge is 0.296 e. The maximum absolute atomic E-state index is 10.4. The molecular formula is C9H5ClN2O. The van der Waals surface area contributed by atoms with Crippen molar-refractivity contribution in [3.8, 4) is 0 Å². The lowest BCUT2D eigenvalue weighted by atomic mass is 10.2. The maximum atomic E-state index is 10.4. The molecule has 0 amide bonds. The van der Waals surface area contributed by atoms with Crippen molar-refractivity contribution >= 4 is 28.8 Å². The van der Waals surface area contributed by atoms with Crippen LogP contribution in [0.2, 0.25) is 5.15 Å². The van der Waals surface area contributed by atoms with Crippen molar-refractivity contribution in [1.82, 2.24) is 9.97 Å². The van der Waals surface area contributed by atoms with Crippen molar-refractivity contribution in [3.63, 3.8) is 0 Å². The minimum absolute atomic E-state index is 0.378. The van der Waals surface area contributed by atoms with E-state index in [4.69, 9.17) is 11.6 Å². The number of rotatable bonds is 1. The van der Waals surface area contributed by atoms with Gasteiger partial charge in [-0.1, -0.05) is 11.6 Å². The van der Waals surface area contributed by atoms with Gasteiger partial charge in [0, 0.05) is 17.6 Å². The predicted molar refractivity (Wildman–Crippen MR) is 49.9 cm³/mol. The van der Waals surface area contributed by atoms with Crippen LogP contribution in [0.5, 0.6) is 0 Å².